The second kappa shape index (κ2) is 5.45. The minimum atomic E-state index is 0.158. The Morgan fingerprint density at radius 2 is 2.11 bits per heavy atom. The van der Waals surface area contributed by atoms with Gasteiger partial charge in [-0.25, -0.2) is 9.97 Å². The van der Waals surface area contributed by atoms with E-state index < -0.39 is 0 Å². The lowest BCUT2D eigenvalue weighted by Gasteiger charge is -2.17. The minimum Gasteiger partial charge on any atom is -0.354 e. The molecule has 0 aromatic carbocycles. The van der Waals surface area contributed by atoms with E-state index in [4.69, 9.17) is 0 Å². The van der Waals surface area contributed by atoms with E-state index in [1.807, 2.05) is 0 Å². The maximum atomic E-state index is 4.64. The molecule has 0 aliphatic carbocycles. The number of fused-ring (bicyclic) bond motifs is 1. The van der Waals surface area contributed by atoms with Crippen molar-refractivity contribution >= 4 is 39.3 Å². The first kappa shape index (κ1) is 13.6. The van der Waals surface area contributed by atoms with Gasteiger partial charge in [0.15, 0.2) is 0 Å². The number of anilines is 1. The summed E-state index contributed by atoms with van der Waals surface area (Å²) in [7, 11) is 0. The van der Waals surface area contributed by atoms with Crippen LogP contribution in [-0.4, -0.2) is 21.3 Å². The fourth-order valence-electron chi connectivity index (χ4n) is 1.51. The Morgan fingerprint density at radius 1 is 1.33 bits per heavy atom. The standard InChI is InChI=1S/C13H19N3S2/c1-5-7-14-12-15-10-9(6-8-17-10)11(16-12)18-13(2,3)4/h6,8H,5,7H2,1-4H3,(H,14,15,16). The second-order valence-electron chi connectivity index (χ2n) is 5.13. The van der Waals surface area contributed by atoms with Crippen LogP contribution in [0.1, 0.15) is 34.1 Å². The lowest BCUT2D eigenvalue weighted by Crippen LogP contribution is -2.09. The van der Waals surface area contributed by atoms with E-state index in [1.54, 1.807) is 23.1 Å². The minimum absolute atomic E-state index is 0.158. The lowest BCUT2D eigenvalue weighted by atomic mass is 10.3. The van der Waals surface area contributed by atoms with Gasteiger partial charge < -0.3 is 5.32 Å². The van der Waals surface area contributed by atoms with Crippen LogP contribution in [0.25, 0.3) is 10.2 Å². The molecule has 0 saturated heterocycles. The Morgan fingerprint density at radius 3 is 2.78 bits per heavy atom. The van der Waals surface area contributed by atoms with E-state index in [-0.39, 0.29) is 4.75 Å². The van der Waals surface area contributed by atoms with Gasteiger partial charge in [0, 0.05) is 16.7 Å². The van der Waals surface area contributed by atoms with Crippen molar-refractivity contribution in [1.29, 1.82) is 0 Å². The van der Waals surface area contributed by atoms with Gasteiger partial charge in [0.05, 0.1) is 0 Å². The van der Waals surface area contributed by atoms with Crippen LogP contribution < -0.4 is 5.32 Å². The quantitative estimate of drug-likeness (QED) is 0.665. The smallest absolute Gasteiger partial charge is 0.225 e. The summed E-state index contributed by atoms with van der Waals surface area (Å²) in [5.74, 6) is 0.749. The highest BCUT2D eigenvalue weighted by atomic mass is 32.2. The number of thioether (sulfide) groups is 1. The summed E-state index contributed by atoms with van der Waals surface area (Å²) in [6.45, 7) is 9.67. The fraction of sp³-hybridized carbons (Fsp3) is 0.538. The highest BCUT2D eigenvalue weighted by molar-refractivity contribution is 8.00. The average molecular weight is 281 g/mol. The molecule has 1 N–H and O–H groups in total. The zero-order chi connectivity index (χ0) is 13.2. The Labute approximate surface area is 116 Å². The summed E-state index contributed by atoms with van der Waals surface area (Å²) in [6.07, 6.45) is 1.08. The van der Waals surface area contributed by atoms with Crippen LogP contribution in [0.4, 0.5) is 5.95 Å². The van der Waals surface area contributed by atoms with Crippen molar-refractivity contribution in [2.24, 2.45) is 0 Å². The Hall–Kier alpha value is -0.810. The molecule has 2 heterocycles. The van der Waals surface area contributed by atoms with E-state index >= 15 is 0 Å². The summed E-state index contributed by atoms with van der Waals surface area (Å²) in [6, 6.07) is 2.11. The molecule has 0 unspecified atom stereocenters. The van der Waals surface area contributed by atoms with Crippen molar-refractivity contribution in [2.75, 3.05) is 11.9 Å². The maximum absolute atomic E-state index is 4.64. The van der Waals surface area contributed by atoms with Crippen LogP contribution in [0.15, 0.2) is 16.5 Å². The van der Waals surface area contributed by atoms with Crippen LogP contribution in [0.5, 0.6) is 0 Å². The summed E-state index contributed by atoms with van der Waals surface area (Å²) in [4.78, 5) is 10.3. The summed E-state index contributed by atoms with van der Waals surface area (Å²) >= 11 is 3.47. The number of thiophene rings is 1. The van der Waals surface area contributed by atoms with Gasteiger partial charge in [-0.1, -0.05) is 39.5 Å². The van der Waals surface area contributed by atoms with E-state index in [2.05, 4.69) is 54.4 Å². The third-order valence-electron chi connectivity index (χ3n) is 2.23. The summed E-state index contributed by atoms with van der Waals surface area (Å²) < 4.78 is 0.158. The molecule has 0 atom stereocenters. The number of nitrogens with one attached hydrogen (secondary N) is 1. The van der Waals surface area contributed by atoms with Crippen molar-refractivity contribution in [3.05, 3.63) is 11.4 Å². The monoisotopic (exact) mass is 281 g/mol. The molecule has 0 saturated carbocycles. The number of rotatable bonds is 4. The van der Waals surface area contributed by atoms with Crippen LogP contribution in [0.2, 0.25) is 0 Å². The van der Waals surface area contributed by atoms with Crippen LogP contribution in [0, 0.1) is 0 Å². The molecule has 2 aromatic heterocycles. The van der Waals surface area contributed by atoms with Crippen LogP contribution in [0.3, 0.4) is 0 Å². The predicted octanol–water partition coefficient (Wildman–Crippen LogP) is 4.40. The molecular weight excluding hydrogens is 262 g/mol. The zero-order valence-electron chi connectivity index (χ0n) is 11.3. The molecule has 2 aromatic rings. The van der Waals surface area contributed by atoms with E-state index in [0.29, 0.717) is 0 Å². The molecule has 0 radical (unpaired) electrons. The normalized spacial score (nSPS) is 12.0. The van der Waals surface area contributed by atoms with Gasteiger partial charge in [0.2, 0.25) is 5.95 Å². The second-order valence-corrected chi connectivity index (χ2v) is 7.84. The number of aromatic nitrogens is 2. The summed E-state index contributed by atoms with van der Waals surface area (Å²) in [5, 5.41) is 7.60. The first-order valence-corrected chi connectivity index (χ1v) is 7.87. The van der Waals surface area contributed by atoms with Crippen molar-refractivity contribution in [1.82, 2.24) is 9.97 Å². The first-order chi connectivity index (χ1) is 8.49. The maximum Gasteiger partial charge on any atom is 0.225 e. The topological polar surface area (TPSA) is 37.8 Å². The molecular formula is C13H19N3S2. The van der Waals surface area contributed by atoms with E-state index in [0.717, 1.165) is 28.8 Å². The van der Waals surface area contributed by atoms with Gasteiger partial charge >= 0.3 is 0 Å². The highest BCUT2D eigenvalue weighted by Gasteiger charge is 2.17. The summed E-state index contributed by atoms with van der Waals surface area (Å²) in [5.41, 5.74) is 0. The molecule has 0 aliphatic heterocycles. The van der Waals surface area contributed by atoms with Gasteiger partial charge in [-0.05, 0) is 17.9 Å². The Balaban J connectivity index is 2.38. The van der Waals surface area contributed by atoms with Crippen molar-refractivity contribution < 1.29 is 0 Å². The fourth-order valence-corrected chi connectivity index (χ4v) is 3.33. The van der Waals surface area contributed by atoms with Crippen molar-refractivity contribution in [2.45, 2.75) is 43.9 Å². The average Bonchev–Trinajstić information content (AvgIpc) is 2.72. The predicted molar refractivity (Wildman–Crippen MR) is 81.8 cm³/mol. The Kier molecular flexibility index (Phi) is 4.12. The van der Waals surface area contributed by atoms with Gasteiger partial charge in [0.25, 0.3) is 0 Å². The molecule has 0 fully saturated rings. The Bertz CT molecular complexity index is 529. The molecule has 2 rings (SSSR count). The van der Waals surface area contributed by atoms with Gasteiger partial charge in [-0.3, -0.25) is 0 Å². The van der Waals surface area contributed by atoms with Gasteiger partial charge in [-0.2, -0.15) is 0 Å². The van der Waals surface area contributed by atoms with Gasteiger partial charge in [-0.15, -0.1) is 11.3 Å². The number of nitrogens with zero attached hydrogens (tertiary/aromatic N) is 2. The third-order valence-corrected chi connectivity index (χ3v) is 4.15. The lowest BCUT2D eigenvalue weighted by molar-refractivity contribution is 0.800. The van der Waals surface area contributed by atoms with Crippen molar-refractivity contribution in [3.63, 3.8) is 0 Å². The van der Waals surface area contributed by atoms with E-state index in [1.165, 1.54) is 5.39 Å². The van der Waals surface area contributed by atoms with E-state index in [9.17, 15) is 0 Å². The SMILES string of the molecule is CCCNc1nc(SC(C)(C)C)c2ccsc2n1. The molecule has 0 spiro atoms. The number of hydrogen-bond donors (Lipinski definition) is 1. The largest absolute Gasteiger partial charge is 0.354 e. The van der Waals surface area contributed by atoms with Crippen molar-refractivity contribution in [3.8, 4) is 0 Å². The highest BCUT2D eigenvalue weighted by Crippen LogP contribution is 2.36. The third kappa shape index (κ3) is 3.36. The first-order valence-electron chi connectivity index (χ1n) is 6.18. The zero-order valence-corrected chi connectivity index (χ0v) is 12.9. The molecule has 18 heavy (non-hydrogen) atoms. The number of hydrogen-bond acceptors (Lipinski definition) is 5. The molecule has 5 heteroatoms. The molecule has 0 aliphatic rings. The molecule has 3 nitrogen and oxygen atoms in total. The molecule has 98 valence electrons. The van der Waals surface area contributed by atoms with Gasteiger partial charge in [0.1, 0.15) is 9.86 Å². The molecule has 0 amide bonds. The van der Waals surface area contributed by atoms with Crippen LogP contribution in [-0.2, 0) is 0 Å². The van der Waals surface area contributed by atoms with Crippen LogP contribution >= 0.6 is 23.1 Å². The molecule has 0 bridgehead atoms.